The Morgan fingerprint density at radius 1 is 1.29 bits per heavy atom. The van der Waals surface area contributed by atoms with Gasteiger partial charge in [0.25, 0.3) is 0 Å². The molecule has 0 fully saturated rings. The highest BCUT2D eigenvalue weighted by Crippen LogP contribution is 2.46. The van der Waals surface area contributed by atoms with Crippen LogP contribution < -0.4 is 10.2 Å². The number of ether oxygens (including phenoxy) is 1. The molecule has 5 rings (SSSR count). The molecule has 1 N–H and O–H groups in total. The number of rotatable bonds is 3. The third-order valence-corrected chi connectivity index (χ3v) is 5.70. The summed E-state index contributed by atoms with van der Waals surface area (Å²) in [5.74, 6) is 0.988. The van der Waals surface area contributed by atoms with Gasteiger partial charge in [-0.1, -0.05) is 20.8 Å². The molecule has 1 aromatic carbocycles. The summed E-state index contributed by atoms with van der Waals surface area (Å²) in [5.41, 5.74) is 2.10. The Bertz CT molecular complexity index is 1330. The van der Waals surface area contributed by atoms with Gasteiger partial charge in [0.15, 0.2) is 17.0 Å². The van der Waals surface area contributed by atoms with Gasteiger partial charge in [0.1, 0.15) is 17.7 Å². The van der Waals surface area contributed by atoms with Gasteiger partial charge in [0.05, 0.1) is 11.3 Å². The third-order valence-electron chi connectivity index (χ3n) is 5.70. The zero-order chi connectivity index (χ0) is 21.9. The molecule has 31 heavy (non-hydrogen) atoms. The van der Waals surface area contributed by atoms with Crippen LogP contribution in [0.4, 0.5) is 8.78 Å². The van der Waals surface area contributed by atoms with Crippen molar-refractivity contribution < 1.29 is 17.9 Å². The lowest BCUT2D eigenvalue weighted by Crippen LogP contribution is -2.31. The maximum absolute atomic E-state index is 12.9. The summed E-state index contributed by atoms with van der Waals surface area (Å²) in [6.07, 6.45) is 3.80. The topological polar surface area (TPSA) is 85.9 Å². The normalized spacial score (nSPS) is 15.9. The van der Waals surface area contributed by atoms with Gasteiger partial charge in [0, 0.05) is 35.3 Å². The number of benzene rings is 1. The lowest BCUT2D eigenvalue weighted by atomic mass is 9.80. The average Bonchev–Trinajstić information content (AvgIpc) is 3.33. The number of furan rings is 1. The van der Waals surface area contributed by atoms with Crippen LogP contribution in [0, 0.1) is 5.41 Å². The maximum atomic E-state index is 12.9. The van der Waals surface area contributed by atoms with Crippen molar-refractivity contribution in [1.82, 2.24) is 19.7 Å². The molecular formula is C22H20F2N4O3. The van der Waals surface area contributed by atoms with Crippen molar-refractivity contribution in [1.29, 1.82) is 0 Å². The smallest absolute Gasteiger partial charge is 0.387 e. The first-order valence-electron chi connectivity index (χ1n) is 9.85. The first kappa shape index (κ1) is 19.5. The molecule has 1 unspecified atom stereocenters. The Morgan fingerprint density at radius 3 is 2.77 bits per heavy atom. The Hall–Kier alpha value is -3.49. The van der Waals surface area contributed by atoms with Crippen LogP contribution >= 0.6 is 0 Å². The van der Waals surface area contributed by atoms with E-state index in [4.69, 9.17) is 4.42 Å². The van der Waals surface area contributed by atoms with E-state index in [1.54, 1.807) is 12.3 Å². The van der Waals surface area contributed by atoms with Crippen LogP contribution in [-0.2, 0) is 6.42 Å². The summed E-state index contributed by atoms with van der Waals surface area (Å²) in [4.78, 5) is 17.0. The van der Waals surface area contributed by atoms with E-state index < -0.39 is 6.61 Å². The summed E-state index contributed by atoms with van der Waals surface area (Å²) in [7, 11) is 0. The second kappa shape index (κ2) is 6.76. The number of H-pyrrole nitrogens is 1. The van der Waals surface area contributed by atoms with E-state index >= 15 is 0 Å². The number of pyridine rings is 1. The van der Waals surface area contributed by atoms with Gasteiger partial charge in [-0.15, -0.1) is 0 Å². The first-order chi connectivity index (χ1) is 14.7. The first-order valence-corrected chi connectivity index (χ1v) is 9.85. The lowest BCUT2D eigenvalue weighted by Gasteiger charge is -2.37. The predicted octanol–water partition coefficient (Wildman–Crippen LogP) is 4.79. The van der Waals surface area contributed by atoms with Crippen LogP contribution in [0.2, 0.25) is 0 Å². The van der Waals surface area contributed by atoms with Crippen molar-refractivity contribution in [3.63, 3.8) is 0 Å². The van der Waals surface area contributed by atoms with Crippen LogP contribution in [0.3, 0.4) is 0 Å². The molecule has 1 aliphatic heterocycles. The fraction of sp³-hybridized carbons (Fsp3) is 0.318. The lowest BCUT2D eigenvalue weighted by molar-refractivity contribution is -0.0497. The van der Waals surface area contributed by atoms with E-state index in [0.717, 1.165) is 10.9 Å². The minimum absolute atomic E-state index is 0.0232. The van der Waals surface area contributed by atoms with Crippen LogP contribution in [-0.4, -0.2) is 26.4 Å². The zero-order valence-corrected chi connectivity index (χ0v) is 17.1. The number of fused-ring (bicyclic) bond motifs is 5. The molecule has 0 saturated carbocycles. The Kier molecular flexibility index (Phi) is 4.25. The van der Waals surface area contributed by atoms with Crippen LogP contribution in [0.15, 0.2) is 46.0 Å². The van der Waals surface area contributed by atoms with E-state index in [0.29, 0.717) is 34.8 Å². The van der Waals surface area contributed by atoms with E-state index in [1.165, 1.54) is 24.5 Å². The van der Waals surface area contributed by atoms with Crippen molar-refractivity contribution in [2.24, 2.45) is 5.41 Å². The Balaban J connectivity index is 1.74. The third kappa shape index (κ3) is 3.20. The van der Waals surface area contributed by atoms with Gasteiger partial charge in [0.2, 0.25) is 0 Å². The summed E-state index contributed by atoms with van der Waals surface area (Å²) >= 11 is 0. The average molecular weight is 426 g/mol. The molecule has 0 bridgehead atoms. The molecule has 0 aliphatic carbocycles. The van der Waals surface area contributed by atoms with Crippen molar-refractivity contribution in [3.05, 3.63) is 52.6 Å². The standard InChI is InChI=1S/C22H20F2N4O3/c1-22(2,3)18-7-13-12-5-4-11(30-21(23)24)6-17(12)31-19(13)15-8-16(29)14(9-28(15)18)20-25-10-26-27-20/h4-6,8-10,18,21H,7H2,1-3H3,(H,25,26,27). The quantitative estimate of drug-likeness (QED) is 0.509. The number of halogens is 2. The number of hydrogen-bond donors (Lipinski definition) is 1. The molecule has 9 heteroatoms. The molecule has 4 aromatic rings. The zero-order valence-electron chi connectivity index (χ0n) is 17.1. The number of aromatic amines is 1. The SMILES string of the molecule is CC(C)(C)C1Cc2c(oc3cc(OC(F)F)ccc23)-c2cc(=O)c(-c3ncn[nH]3)cn21. The molecule has 0 spiro atoms. The van der Waals surface area contributed by atoms with Gasteiger partial charge >= 0.3 is 6.61 Å². The molecule has 1 atom stereocenters. The van der Waals surface area contributed by atoms with Crippen molar-refractivity contribution in [2.75, 3.05) is 0 Å². The highest BCUT2D eigenvalue weighted by atomic mass is 19.3. The molecule has 4 heterocycles. The number of alkyl halides is 2. The molecule has 160 valence electrons. The van der Waals surface area contributed by atoms with Gasteiger partial charge in [-0.3, -0.25) is 9.89 Å². The van der Waals surface area contributed by atoms with E-state index in [2.05, 4.69) is 40.7 Å². The molecular weight excluding hydrogens is 406 g/mol. The monoisotopic (exact) mass is 426 g/mol. The maximum Gasteiger partial charge on any atom is 0.387 e. The van der Waals surface area contributed by atoms with Gasteiger partial charge in [-0.05, 0) is 24.0 Å². The summed E-state index contributed by atoms with van der Waals surface area (Å²) < 4.78 is 37.9. The fourth-order valence-electron chi connectivity index (χ4n) is 4.23. The molecule has 3 aromatic heterocycles. The minimum Gasteiger partial charge on any atom is -0.454 e. The Labute approximate surface area is 175 Å². The van der Waals surface area contributed by atoms with E-state index in [-0.39, 0.29) is 22.6 Å². The van der Waals surface area contributed by atoms with Gasteiger partial charge in [-0.2, -0.15) is 13.9 Å². The largest absolute Gasteiger partial charge is 0.454 e. The molecule has 0 radical (unpaired) electrons. The second-order valence-corrected chi connectivity index (χ2v) is 8.71. The van der Waals surface area contributed by atoms with E-state index in [9.17, 15) is 13.6 Å². The summed E-state index contributed by atoms with van der Waals surface area (Å²) in [5, 5.41) is 7.41. The number of hydrogen-bond acceptors (Lipinski definition) is 5. The Morgan fingerprint density at radius 2 is 2.10 bits per heavy atom. The second-order valence-electron chi connectivity index (χ2n) is 8.71. The van der Waals surface area contributed by atoms with Gasteiger partial charge in [-0.25, -0.2) is 4.98 Å². The van der Waals surface area contributed by atoms with Crippen molar-refractivity contribution in [2.45, 2.75) is 39.8 Å². The molecule has 0 saturated heterocycles. The van der Waals surface area contributed by atoms with E-state index in [1.807, 2.05) is 4.57 Å². The molecule has 1 aliphatic rings. The predicted molar refractivity (Wildman–Crippen MR) is 110 cm³/mol. The number of nitrogens with zero attached hydrogens (tertiary/aromatic N) is 3. The summed E-state index contributed by atoms with van der Waals surface area (Å²) in [6, 6.07) is 6.25. The number of nitrogens with one attached hydrogen (secondary N) is 1. The van der Waals surface area contributed by atoms with Gasteiger partial charge < -0.3 is 13.7 Å². The van der Waals surface area contributed by atoms with Crippen molar-refractivity contribution in [3.8, 4) is 28.6 Å². The van der Waals surface area contributed by atoms with Crippen LogP contribution in [0.1, 0.15) is 32.4 Å². The van der Waals surface area contributed by atoms with Crippen LogP contribution in [0.5, 0.6) is 5.75 Å². The highest BCUT2D eigenvalue weighted by Gasteiger charge is 2.36. The fourth-order valence-corrected chi connectivity index (χ4v) is 4.23. The molecule has 0 amide bonds. The minimum atomic E-state index is -2.92. The van der Waals surface area contributed by atoms with Crippen LogP contribution in [0.25, 0.3) is 33.8 Å². The number of aromatic nitrogens is 4. The summed E-state index contributed by atoms with van der Waals surface area (Å²) in [6.45, 7) is 3.49. The molecule has 7 nitrogen and oxygen atoms in total. The highest BCUT2D eigenvalue weighted by molar-refractivity contribution is 5.89. The van der Waals surface area contributed by atoms with Crippen molar-refractivity contribution >= 4 is 11.0 Å².